The van der Waals surface area contributed by atoms with E-state index in [9.17, 15) is 23.2 Å². The molecule has 0 atom stereocenters. The molecular weight excluding hydrogens is 440 g/mol. The Hall–Kier alpha value is -3.21. The van der Waals surface area contributed by atoms with Crippen LogP contribution in [-0.4, -0.2) is 5.91 Å². The molecule has 1 N–H and O–H groups in total. The van der Waals surface area contributed by atoms with Crippen molar-refractivity contribution < 1.29 is 22.4 Å². The monoisotopic (exact) mass is 450 g/mol. The van der Waals surface area contributed by atoms with Gasteiger partial charge < -0.3 is 9.73 Å². The summed E-state index contributed by atoms with van der Waals surface area (Å²) in [6.07, 6.45) is -3.31. The smallest absolute Gasteiger partial charge is 0.416 e. The molecule has 4 nitrogen and oxygen atoms in total. The van der Waals surface area contributed by atoms with Crippen LogP contribution in [0.5, 0.6) is 0 Å². The molecule has 3 rings (SSSR count). The van der Waals surface area contributed by atoms with E-state index in [1.807, 2.05) is 0 Å². The zero-order valence-corrected chi connectivity index (χ0v) is 16.4. The topological polar surface area (TPSA) is 66.0 Å². The van der Waals surface area contributed by atoms with Gasteiger partial charge >= 0.3 is 6.18 Å². The predicted molar refractivity (Wildman–Crippen MR) is 108 cm³/mol. The maximum atomic E-state index is 12.9. The SMILES string of the molecule is N#C/C(=C\c1ccc(-c2cccc(C(F)(F)F)c2)o1)C(=O)Nc1cc(Cl)cc(Cl)c1. The van der Waals surface area contributed by atoms with Crippen LogP contribution in [0.4, 0.5) is 18.9 Å². The van der Waals surface area contributed by atoms with E-state index in [2.05, 4.69) is 5.32 Å². The molecule has 0 bridgehead atoms. The zero-order valence-electron chi connectivity index (χ0n) is 14.9. The average molecular weight is 451 g/mol. The Morgan fingerprint density at radius 3 is 2.40 bits per heavy atom. The van der Waals surface area contributed by atoms with Crippen LogP contribution in [0.25, 0.3) is 17.4 Å². The Morgan fingerprint density at radius 2 is 1.77 bits per heavy atom. The molecule has 3 aromatic rings. The summed E-state index contributed by atoms with van der Waals surface area (Å²) in [6, 6.07) is 13.7. The van der Waals surface area contributed by atoms with Crippen molar-refractivity contribution >= 4 is 40.9 Å². The minimum absolute atomic E-state index is 0.123. The molecule has 1 amide bonds. The Labute approximate surface area is 179 Å². The number of benzene rings is 2. The number of rotatable bonds is 4. The number of nitriles is 1. The first-order chi connectivity index (χ1) is 14.2. The van der Waals surface area contributed by atoms with Crippen LogP contribution < -0.4 is 5.32 Å². The van der Waals surface area contributed by atoms with Gasteiger partial charge in [-0.05, 0) is 42.5 Å². The highest BCUT2D eigenvalue weighted by Gasteiger charge is 2.30. The van der Waals surface area contributed by atoms with Gasteiger partial charge in [-0.2, -0.15) is 18.4 Å². The number of anilines is 1. The van der Waals surface area contributed by atoms with Gasteiger partial charge in [0.05, 0.1) is 5.56 Å². The minimum atomic E-state index is -4.49. The third-order valence-corrected chi connectivity index (χ3v) is 4.31. The van der Waals surface area contributed by atoms with Gasteiger partial charge in [-0.1, -0.05) is 35.3 Å². The van der Waals surface area contributed by atoms with Crippen molar-refractivity contribution in [3.05, 3.63) is 81.5 Å². The molecule has 30 heavy (non-hydrogen) atoms. The van der Waals surface area contributed by atoms with Crippen LogP contribution in [0.15, 0.2) is 64.6 Å². The largest absolute Gasteiger partial charge is 0.457 e. The van der Waals surface area contributed by atoms with Gasteiger partial charge in [0.1, 0.15) is 23.2 Å². The number of nitrogens with zero attached hydrogens (tertiary/aromatic N) is 1. The summed E-state index contributed by atoms with van der Waals surface area (Å²) in [4.78, 5) is 12.3. The first kappa shape index (κ1) is 21.5. The second-order valence-electron chi connectivity index (χ2n) is 6.06. The number of carbonyl (C=O) groups excluding carboxylic acids is 1. The Balaban J connectivity index is 1.83. The van der Waals surface area contributed by atoms with Gasteiger partial charge in [0.2, 0.25) is 0 Å². The maximum absolute atomic E-state index is 12.9. The van der Waals surface area contributed by atoms with Crippen molar-refractivity contribution in [2.24, 2.45) is 0 Å². The molecule has 1 heterocycles. The van der Waals surface area contributed by atoms with Crippen LogP contribution in [0.1, 0.15) is 11.3 Å². The van der Waals surface area contributed by atoms with Crippen LogP contribution in [0, 0.1) is 11.3 Å². The first-order valence-electron chi connectivity index (χ1n) is 8.32. The van der Waals surface area contributed by atoms with E-state index in [1.165, 1.54) is 48.5 Å². The van der Waals surface area contributed by atoms with Crippen molar-refractivity contribution in [1.29, 1.82) is 5.26 Å². The number of furan rings is 1. The number of nitrogens with one attached hydrogen (secondary N) is 1. The van der Waals surface area contributed by atoms with Gasteiger partial charge in [0.25, 0.3) is 5.91 Å². The normalized spacial score (nSPS) is 11.8. The zero-order chi connectivity index (χ0) is 21.9. The summed E-state index contributed by atoms with van der Waals surface area (Å²) in [6.45, 7) is 0. The third kappa shape index (κ3) is 5.23. The van der Waals surface area contributed by atoms with Crippen molar-refractivity contribution in [3.63, 3.8) is 0 Å². The number of hydrogen-bond donors (Lipinski definition) is 1. The highest BCUT2D eigenvalue weighted by molar-refractivity contribution is 6.35. The van der Waals surface area contributed by atoms with Crippen molar-refractivity contribution in [2.45, 2.75) is 6.18 Å². The van der Waals surface area contributed by atoms with E-state index in [4.69, 9.17) is 27.6 Å². The number of carbonyl (C=O) groups is 1. The first-order valence-corrected chi connectivity index (χ1v) is 9.08. The molecular formula is C21H11Cl2F3N2O2. The van der Waals surface area contributed by atoms with Gasteiger partial charge in [-0.15, -0.1) is 0 Å². The molecule has 9 heteroatoms. The molecule has 0 aliphatic rings. The minimum Gasteiger partial charge on any atom is -0.457 e. The number of halogens is 5. The molecule has 0 aliphatic heterocycles. The quantitative estimate of drug-likeness (QED) is 0.350. The highest BCUT2D eigenvalue weighted by Crippen LogP contribution is 2.33. The Kier molecular flexibility index (Phi) is 6.20. The fourth-order valence-electron chi connectivity index (χ4n) is 2.55. The summed E-state index contributed by atoms with van der Waals surface area (Å²) >= 11 is 11.8. The molecule has 152 valence electrons. The fourth-order valence-corrected chi connectivity index (χ4v) is 3.08. The fraction of sp³-hybridized carbons (Fsp3) is 0.0476. The van der Waals surface area contributed by atoms with Gasteiger partial charge in [-0.25, -0.2) is 0 Å². The van der Waals surface area contributed by atoms with E-state index in [1.54, 1.807) is 6.07 Å². The van der Waals surface area contributed by atoms with Gasteiger partial charge in [0.15, 0.2) is 0 Å². The summed E-state index contributed by atoms with van der Waals surface area (Å²) in [5.74, 6) is -0.447. The third-order valence-electron chi connectivity index (χ3n) is 3.87. The van der Waals surface area contributed by atoms with E-state index in [-0.39, 0.29) is 22.7 Å². The maximum Gasteiger partial charge on any atom is 0.416 e. The lowest BCUT2D eigenvalue weighted by Crippen LogP contribution is -2.13. The number of hydrogen-bond acceptors (Lipinski definition) is 3. The van der Waals surface area contributed by atoms with Crippen LogP contribution in [0.3, 0.4) is 0 Å². The van der Waals surface area contributed by atoms with E-state index in [0.29, 0.717) is 15.7 Å². The molecule has 0 saturated carbocycles. The predicted octanol–water partition coefficient (Wildman–Crippen LogP) is 6.82. The van der Waals surface area contributed by atoms with E-state index in [0.717, 1.165) is 12.1 Å². The molecule has 0 aliphatic carbocycles. The van der Waals surface area contributed by atoms with E-state index >= 15 is 0 Å². The molecule has 0 fully saturated rings. The summed E-state index contributed by atoms with van der Waals surface area (Å²) in [5.41, 5.74) is -0.592. The summed E-state index contributed by atoms with van der Waals surface area (Å²) in [5, 5.41) is 12.4. The lowest BCUT2D eigenvalue weighted by Gasteiger charge is -2.07. The van der Waals surface area contributed by atoms with Crippen LogP contribution >= 0.6 is 23.2 Å². The lowest BCUT2D eigenvalue weighted by molar-refractivity contribution is -0.137. The van der Waals surface area contributed by atoms with Crippen molar-refractivity contribution in [3.8, 4) is 17.4 Å². The Bertz CT molecular complexity index is 1160. The van der Waals surface area contributed by atoms with Crippen LogP contribution in [0.2, 0.25) is 10.0 Å². The molecule has 0 radical (unpaired) electrons. The highest BCUT2D eigenvalue weighted by atomic mass is 35.5. The Morgan fingerprint density at radius 1 is 1.07 bits per heavy atom. The molecule has 0 unspecified atom stereocenters. The summed E-state index contributed by atoms with van der Waals surface area (Å²) < 4.78 is 44.2. The summed E-state index contributed by atoms with van der Waals surface area (Å²) in [7, 11) is 0. The second-order valence-corrected chi connectivity index (χ2v) is 6.94. The standard InChI is InChI=1S/C21H11Cl2F3N2O2/c22-15-8-16(23)10-17(9-15)28-20(29)13(11-27)7-18-4-5-19(30-18)12-2-1-3-14(6-12)21(24,25)26/h1-10H,(H,28,29)/b13-7+. The van der Waals surface area contributed by atoms with Crippen molar-refractivity contribution in [2.75, 3.05) is 5.32 Å². The molecule has 2 aromatic carbocycles. The van der Waals surface area contributed by atoms with Crippen molar-refractivity contribution in [1.82, 2.24) is 0 Å². The molecule has 0 spiro atoms. The lowest BCUT2D eigenvalue weighted by atomic mass is 10.1. The van der Waals surface area contributed by atoms with E-state index < -0.39 is 17.6 Å². The molecule has 1 aromatic heterocycles. The second kappa shape index (κ2) is 8.66. The average Bonchev–Trinajstić information content (AvgIpc) is 3.13. The van der Waals surface area contributed by atoms with Crippen LogP contribution in [-0.2, 0) is 11.0 Å². The molecule has 0 saturated heterocycles. The number of alkyl halides is 3. The number of amides is 1. The van der Waals surface area contributed by atoms with Gasteiger partial charge in [0, 0.05) is 27.4 Å². The van der Waals surface area contributed by atoms with Gasteiger partial charge in [-0.3, -0.25) is 4.79 Å².